The second kappa shape index (κ2) is 9.53. The van der Waals surface area contributed by atoms with Crippen LogP contribution in [0.2, 0.25) is 0 Å². The van der Waals surface area contributed by atoms with E-state index in [9.17, 15) is 9.59 Å². The fraction of sp³-hybridized carbons (Fsp3) is 0.462. The van der Waals surface area contributed by atoms with Crippen LogP contribution in [0.25, 0.3) is 0 Å². The number of hydrogen-bond donors (Lipinski definition) is 2. The number of carbonyl (C=O) groups excluding carboxylic acids is 2. The Kier molecular flexibility index (Phi) is 6.72. The summed E-state index contributed by atoms with van der Waals surface area (Å²) in [5.74, 6) is -0.476. The van der Waals surface area contributed by atoms with Crippen molar-refractivity contribution in [2.75, 3.05) is 50.0 Å². The predicted octanol–water partition coefficient (Wildman–Crippen LogP) is 3.22. The third-order valence-corrected chi connectivity index (χ3v) is 6.12. The molecule has 7 nitrogen and oxygen atoms in total. The maximum absolute atomic E-state index is 13.2. The number of carbonyl (C=O) groups is 2. The first kappa shape index (κ1) is 23.3. The number of anilines is 2. The van der Waals surface area contributed by atoms with Crippen molar-refractivity contribution in [2.24, 2.45) is 0 Å². The van der Waals surface area contributed by atoms with Crippen LogP contribution in [0, 0.1) is 0 Å². The molecule has 2 N–H and O–H groups in total. The fourth-order valence-corrected chi connectivity index (χ4v) is 4.40. The molecule has 1 amide bonds. The average Bonchev–Trinajstić information content (AvgIpc) is 2.78. The maximum Gasteiger partial charge on any atom is 0.338 e. The Labute approximate surface area is 196 Å². The predicted molar refractivity (Wildman–Crippen MR) is 131 cm³/mol. The summed E-state index contributed by atoms with van der Waals surface area (Å²) < 4.78 is 5.40. The molecule has 33 heavy (non-hydrogen) atoms. The van der Waals surface area contributed by atoms with Gasteiger partial charge in [-0.05, 0) is 75.7 Å². The van der Waals surface area contributed by atoms with Gasteiger partial charge >= 0.3 is 5.97 Å². The monoisotopic (exact) mass is 450 g/mol. The summed E-state index contributed by atoms with van der Waals surface area (Å²) in [5.41, 5.74) is 4.12. The SMILES string of the molecule is CN1CCN(c2cccc3c2CCNC3C(=O)Nc2ccc(C(=O)OC(C)(C)C)cc2)CC1. The van der Waals surface area contributed by atoms with Crippen LogP contribution in [0.3, 0.4) is 0 Å². The van der Waals surface area contributed by atoms with Gasteiger partial charge in [0, 0.05) is 44.1 Å². The molecule has 1 unspecified atom stereocenters. The van der Waals surface area contributed by atoms with Gasteiger partial charge in [0.05, 0.1) is 5.56 Å². The van der Waals surface area contributed by atoms with Crippen molar-refractivity contribution in [2.45, 2.75) is 38.8 Å². The normalized spacial score (nSPS) is 19.0. The summed E-state index contributed by atoms with van der Waals surface area (Å²) in [6.07, 6.45) is 0.909. The Hall–Kier alpha value is -2.90. The van der Waals surface area contributed by atoms with Crippen molar-refractivity contribution < 1.29 is 14.3 Å². The van der Waals surface area contributed by atoms with Gasteiger partial charge < -0.3 is 25.2 Å². The van der Waals surface area contributed by atoms with E-state index in [1.54, 1.807) is 24.3 Å². The number of rotatable bonds is 4. The van der Waals surface area contributed by atoms with Gasteiger partial charge in [-0.1, -0.05) is 12.1 Å². The molecule has 176 valence electrons. The number of benzene rings is 2. The zero-order chi connectivity index (χ0) is 23.6. The largest absolute Gasteiger partial charge is 0.456 e. The molecular weight excluding hydrogens is 416 g/mol. The molecule has 2 aliphatic heterocycles. The van der Waals surface area contributed by atoms with Gasteiger partial charge in [0.1, 0.15) is 11.6 Å². The molecule has 0 aromatic heterocycles. The van der Waals surface area contributed by atoms with Crippen LogP contribution in [0.1, 0.15) is 48.3 Å². The quantitative estimate of drug-likeness (QED) is 0.697. The van der Waals surface area contributed by atoms with E-state index in [0.29, 0.717) is 11.3 Å². The molecule has 2 aliphatic rings. The van der Waals surface area contributed by atoms with Crippen molar-refractivity contribution in [3.05, 3.63) is 59.2 Å². The lowest BCUT2D eigenvalue weighted by atomic mass is 9.91. The van der Waals surface area contributed by atoms with Crippen LogP contribution in [0.4, 0.5) is 11.4 Å². The van der Waals surface area contributed by atoms with E-state index in [2.05, 4.69) is 45.7 Å². The Morgan fingerprint density at radius 3 is 2.39 bits per heavy atom. The second-order valence-electron chi connectivity index (χ2n) is 9.84. The Morgan fingerprint density at radius 1 is 1.03 bits per heavy atom. The smallest absolute Gasteiger partial charge is 0.338 e. The van der Waals surface area contributed by atoms with Crippen LogP contribution in [-0.2, 0) is 16.0 Å². The summed E-state index contributed by atoms with van der Waals surface area (Å²) in [6, 6.07) is 12.7. The lowest BCUT2D eigenvalue weighted by Crippen LogP contribution is -2.45. The van der Waals surface area contributed by atoms with Crippen molar-refractivity contribution in [1.29, 1.82) is 0 Å². The maximum atomic E-state index is 13.2. The summed E-state index contributed by atoms with van der Waals surface area (Å²) in [7, 11) is 2.15. The van der Waals surface area contributed by atoms with Gasteiger partial charge in [-0.2, -0.15) is 0 Å². The zero-order valence-corrected chi connectivity index (χ0v) is 20.0. The first-order chi connectivity index (χ1) is 15.7. The number of piperazine rings is 1. The van der Waals surface area contributed by atoms with Crippen LogP contribution in [-0.4, -0.2) is 62.1 Å². The molecule has 2 aromatic rings. The highest BCUT2D eigenvalue weighted by Gasteiger charge is 2.29. The number of esters is 1. The molecule has 1 saturated heterocycles. The number of nitrogens with zero attached hydrogens (tertiary/aromatic N) is 2. The van der Waals surface area contributed by atoms with Gasteiger partial charge in [-0.25, -0.2) is 4.79 Å². The van der Waals surface area contributed by atoms with Crippen molar-refractivity contribution in [3.63, 3.8) is 0 Å². The van der Waals surface area contributed by atoms with Gasteiger partial charge in [0.25, 0.3) is 0 Å². The van der Waals surface area contributed by atoms with Crippen LogP contribution >= 0.6 is 0 Å². The lowest BCUT2D eigenvalue weighted by molar-refractivity contribution is -0.118. The zero-order valence-electron chi connectivity index (χ0n) is 20.0. The summed E-state index contributed by atoms with van der Waals surface area (Å²) in [6.45, 7) is 10.4. The molecule has 0 saturated carbocycles. The van der Waals surface area contributed by atoms with E-state index < -0.39 is 11.6 Å². The minimum atomic E-state index is -0.549. The molecule has 0 spiro atoms. The molecule has 0 radical (unpaired) electrons. The molecule has 2 heterocycles. The highest BCUT2D eigenvalue weighted by molar-refractivity contribution is 5.97. The average molecular weight is 451 g/mol. The number of likely N-dealkylation sites (N-methyl/N-ethyl adjacent to an activating group) is 1. The Bertz CT molecular complexity index is 1010. The van der Waals surface area contributed by atoms with E-state index in [1.165, 1.54) is 11.3 Å². The molecule has 2 aromatic carbocycles. The lowest BCUT2D eigenvalue weighted by Gasteiger charge is -2.37. The van der Waals surface area contributed by atoms with E-state index in [0.717, 1.165) is 44.7 Å². The minimum Gasteiger partial charge on any atom is -0.456 e. The third kappa shape index (κ3) is 5.54. The second-order valence-corrected chi connectivity index (χ2v) is 9.84. The van der Waals surface area contributed by atoms with Gasteiger partial charge in [-0.15, -0.1) is 0 Å². The van der Waals surface area contributed by atoms with E-state index in [1.807, 2.05) is 20.8 Å². The number of amides is 1. The van der Waals surface area contributed by atoms with Crippen LogP contribution < -0.4 is 15.5 Å². The van der Waals surface area contributed by atoms with E-state index >= 15 is 0 Å². The standard InChI is InChI=1S/C26H34N4O3/c1-26(2,3)33-25(32)18-8-10-19(11-9-18)28-24(31)23-21-6-5-7-22(20(21)12-13-27-23)30-16-14-29(4)15-17-30/h5-11,23,27H,12-17H2,1-4H3,(H,28,31). The van der Waals surface area contributed by atoms with E-state index in [4.69, 9.17) is 4.74 Å². The highest BCUT2D eigenvalue weighted by atomic mass is 16.6. The first-order valence-corrected chi connectivity index (χ1v) is 11.6. The van der Waals surface area contributed by atoms with Crippen molar-refractivity contribution in [1.82, 2.24) is 10.2 Å². The van der Waals surface area contributed by atoms with Crippen LogP contribution in [0.15, 0.2) is 42.5 Å². The van der Waals surface area contributed by atoms with E-state index in [-0.39, 0.29) is 11.9 Å². The highest BCUT2D eigenvalue weighted by Crippen LogP contribution is 2.32. The van der Waals surface area contributed by atoms with Crippen LogP contribution in [0.5, 0.6) is 0 Å². The van der Waals surface area contributed by atoms with Gasteiger partial charge in [0.15, 0.2) is 0 Å². The minimum absolute atomic E-state index is 0.100. The first-order valence-electron chi connectivity index (χ1n) is 11.6. The fourth-order valence-electron chi connectivity index (χ4n) is 4.40. The Morgan fingerprint density at radius 2 is 1.73 bits per heavy atom. The molecule has 7 heteroatoms. The summed E-state index contributed by atoms with van der Waals surface area (Å²) >= 11 is 0. The number of nitrogens with one attached hydrogen (secondary N) is 2. The third-order valence-electron chi connectivity index (χ3n) is 6.12. The molecular formula is C26H34N4O3. The summed E-state index contributed by atoms with van der Waals surface area (Å²) in [5, 5.41) is 6.37. The topological polar surface area (TPSA) is 73.9 Å². The van der Waals surface area contributed by atoms with Gasteiger partial charge in [-0.3, -0.25) is 4.79 Å². The molecule has 0 bridgehead atoms. The molecule has 1 fully saturated rings. The van der Waals surface area contributed by atoms with Gasteiger partial charge in [0.2, 0.25) is 5.91 Å². The summed E-state index contributed by atoms with van der Waals surface area (Å²) in [4.78, 5) is 30.2. The van der Waals surface area contributed by atoms with Crippen molar-refractivity contribution >= 4 is 23.3 Å². The van der Waals surface area contributed by atoms with Crippen molar-refractivity contribution in [3.8, 4) is 0 Å². The number of ether oxygens (including phenoxy) is 1. The number of fused-ring (bicyclic) bond motifs is 1. The molecule has 4 rings (SSSR count). The number of hydrogen-bond acceptors (Lipinski definition) is 6. The Balaban J connectivity index is 1.47. The molecule has 1 atom stereocenters. The molecule has 0 aliphatic carbocycles.